The largest absolute Gasteiger partial charge is 0.507 e. The van der Waals surface area contributed by atoms with Crippen LogP contribution in [0.15, 0.2) is 85.5 Å². The SMILES string of the molecule is Oc1ccc2ccccc2c1-c1c(O)c(Cn2ccnc2)cc2ccccc12. The van der Waals surface area contributed by atoms with Crippen molar-refractivity contribution in [3.8, 4) is 22.6 Å². The highest BCUT2D eigenvalue weighted by atomic mass is 16.3. The van der Waals surface area contributed by atoms with E-state index in [4.69, 9.17) is 0 Å². The first kappa shape index (κ1) is 16.4. The quantitative estimate of drug-likeness (QED) is 0.454. The van der Waals surface area contributed by atoms with Crippen LogP contribution in [0.4, 0.5) is 0 Å². The molecular formula is C24H18N2O2. The average molecular weight is 366 g/mol. The van der Waals surface area contributed by atoms with Crippen molar-refractivity contribution < 1.29 is 10.2 Å². The van der Waals surface area contributed by atoms with Crippen LogP contribution in [-0.2, 0) is 6.54 Å². The Kier molecular flexibility index (Phi) is 3.76. The molecule has 0 aliphatic rings. The second-order valence-electron chi connectivity index (χ2n) is 6.90. The number of phenolic OH excluding ortho intramolecular Hbond substituents is 2. The monoisotopic (exact) mass is 366 g/mol. The molecule has 0 atom stereocenters. The zero-order valence-corrected chi connectivity index (χ0v) is 15.1. The normalized spacial score (nSPS) is 11.3. The number of rotatable bonds is 3. The molecule has 136 valence electrons. The van der Waals surface area contributed by atoms with Crippen molar-refractivity contribution in [2.24, 2.45) is 0 Å². The van der Waals surface area contributed by atoms with Crippen molar-refractivity contribution in [2.75, 3.05) is 0 Å². The van der Waals surface area contributed by atoms with Gasteiger partial charge in [-0.1, -0.05) is 54.6 Å². The molecule has 1 aromatic heterocycles. The summed E-state index contributed by atoms with van der Waals surface area (Å²) in [6, 6.07) is 21.4. The van der Waals surface area contributed by atoms with Gasteiger partial charge in [-0.05, 0) is 33.7 Å². The number of benzene rings is 4. The number of hydrogen-bond acceptors (Lipinski definition) is 3. The van der Waals surface area contributed by atoms with Gasteiger partial charge in [0.25, 0.3) is 0 Å². The molecule has 0 aliphatic carbocycles. The molecule has 4 heteroatoms. The molecule has 2 N–H and O–H groups in total. The molecule has 0 bridgehead atoms. The lowest BCUT2D eigenvalue weighted by molar-refractivity contribution is 0.464. The van der Waals surface area contributed by atoms with E-state index in [9.17, 15) is 10.2 Å². The third-order valence-corrected chi connectivity index (χ3v) is 5.17. The minimum atomic E-state index is 0.152. The topological polar surface area (TPSA) is 58.3 Å². The van der Waals surface area contributed by atoms with Crippen molar-refractivity contribution in [3.05, 3.63) is 91.0 Å². The molecule has 0 radical (unpaired) electrons. The van der Waals surface area contributed by atoms with E-state index in [1.807, 2.05) is 71.4 Å². The lowest BCUT2D eigenvalue weighted by atomic mass is 9.90. The van der Waals surface area contributed by atoms with E-state index in [1.165, 1.54) is 0 Å². The van der Waals surface area contributed by atoms with Crippen molar-refractivity contribution in [1.82, 2.24) is 9.55 Å². The molecule has 4 aromatic carbocycles. The Labute approximate surface area is 162 Å². The molecule has 28 heavy (non-hydrogen) atoms. The van der Waals surface area contributed by atoms with E-state index >= 15 is 0 Å². The maximum atomic E-state index is 11.3. The molecule has 0 fully saturated rings. The van der Waals surface area contributed by atoms with Crippen LogP contribution in [0.5, 0.6) is 11.5 Å². The van der Waals surface area contributed by atoms with Gasteiger partial charge in [-0.2, -0.15) is 0 Å². The fourth-order valence-corrected chi connectivity index (χ4v) is 3.87. The molecule has 1 heterocycles. The number of phenols is 2. The third-order valence-electron chi connectivity index (χ3n) is 5.17. The molecule has 5 aromatic rings. The fraction of sp³-hybridized carbons (Fsp3) is 0.0417. The van der Waals surface area contributed by atoms with Gasteiger partial charge < -0.3 is 14.8 Å². The highest BCUT2D eigenvalue weighted by Crippen LogP contribution is 2.46. The van der Waals surface area contributed by atoms with E-state index in [0.717, 1.165) is 27.1 Å². The standard InChI is InChI=1S/C24H18N2O2/c27-21-10-9-16-5-1-3-7-19(16)22(21)23-20-8-4-2-6-17(20)13-18(24(23)28)14-26-12-11-25-15-26/h1-13,15,27-28H,14H2. The Morgan fingerprint density at radius 2 is 1.50 bits per heavy atom. The Balaban J connectivity index is 1.87. The second kappa shape index (κ2) is 6.43. The van der Waals surface area contributed by atoms with Crippen LogP contribution in [0, 0.1) is 0 Å². The molecule has 0 unspecified atom stereocenters. The molecule has 0 saturated heterocycles. The molecule has 0 aliphatic heterocycles. The summed E-state index contributed by atoms with van der Waals surface area (Å²) in [5, 5.41) is 25.9. The smallest absolute Gasteiger partial charge is 0.129 e. The second-order valence-corrected chi connectivity index (χ2v) is 6.90. The number of fused-ring (bicyclic) bond motifs is 2. The number of nitrogens with zero attached hydrogens (tertiary/aromatic N) is 2. The van der Waals surface area contributed by atoms with Crippen molar-refractivity contribution in [1.29, 1.82) is 0 Å². The molecule has 5 rings (SSSR count). The van der Waals surface area contributed by atoms with Gasteiger partial charge in [0.15, 0.2) is 0 Å². The van der Waals surface area contributed by atoms with Crippen LogP contribution < -0.4 is 0 Å². The summed E-state index contributed by atoms with van der Waals surface area (Å²) >= 11 is 0. The van der Waals surface area contributed by atoms with Crippen LogP contribution in [0.25, 0.3) is 32.7 Å². The fourth-order valence-electron chi connectivity index (χ4n) is 3.87. The van der Waals surface area contributed by atoms with Crippen molar-refractivity contribution >= 4 is 21.5 Å². The van der Waals surface area contributed by atoms with E-state index in [-0.39, 0.29) is 11.5 Å². The van der Waals surface area contributed by atoms with Crippen LogP contribution in [0.2, 0.25) is 0 Å². The summed E-state index contributed by atoms with van der Waals surface area (Å²) in [6.07, 6.45) is 5.31. The van der Waals surface area contributed by atoms with Gasteiger partial charge in [-0.25, -0.2) is 4.98 Å². The summed E-state index contributed by atoms with van der Waals surface area (Å²) in [7, 11) is 0. The molecule has 0 amide bonds. The maximum Gasteiger partial charge on any atom is 0.129 e. The van der Waals surface area contributed by atoms with E-state index in [0.29, 0.717) is 17.7 Å². The minimum absolute atomic E-state index is 0.152. The Morgan fingerprint density at radius 1 is 0.786 bits per heavy atom. The Bertz CT molecular complexity index is 1310. The summed E-state index contributed by atoms with van der Waals surface area (Å²) < 4.78 is 1.91. The third kappa shape index (κ3) is 2.58. The zero-order valence-electron chi connectivity index (χ0n) is 15.1. The van der Waals surface area contributed by atoms with Gasteiger partial charge in [-0.3, -0.25) is 0 Å². The summed E-state index contributed by atoms with van der Waals surface area (Å²) in [5.41, 5.74) is 2.08. The highest BCUT2D eigenvalue weighted by molar-refractivity contribution is 6.10. The zero-order chi connectivity index (χ0) is 19.1. The molecule has 0 spiro atoms. The number of hydrogen-bond donors (Lipinski definition) is 2. The lowest BCUT2D eigenvalue weighted by Gasteiger charge is -2.17. The Morgan fingerprint density at radius 3 is 2.25 bits per heavy atom. The molecule has 4 nitrogen and oxygen atoms in total. The van der Waals surface area contributed by atoms with Crippen LogP contribution >= 0.6 is 0 Å². The van der Waals surface area contributed by atoms with Crippen molar-refractivity contribution in [2.45, 2.75) is 6.54 Å². The first-order chi connectivity index (χ1) is 13.7. The van der Waals surface area contributed by atoms with Gasteiger partial charge in [-0.15, -0.1) is 0 Å². The summed E-state index contributed by atoms with van der Waals surface area (Å²) in [5.74, 6) is 0.331. The van der Waals surface area contributed by atoms with E-state index < -0.39 is 0 Å². The molecule has 0 saturated carbocycles. The van der Waals surface area contributed by atoms with Crippen LogP contribution in [-0.4, -0.2) is 19.8 Å². The lowest BCUT2D eigenvalue weighted by Crippen LogP contribution is -1.99. The number of aromatic nitrogens is 2. The maximum absolute atomic E-state index is 11.3. The van der Waals surface area contributed by atoms with Gasteiger partial charge >= 0.3 is 0 Å². The van der Waals surface area contributed by atoms with Gasteiger partial charge in [0.1, 0.15) is 11.5 Å². The van der Waals surface area contributed by atoms with Crippen molar-refractivity contribution in [3.63, 3.8) is 0 Å². The first-order valence-electron chi connectivity index (χ1n) is 9.13. The van der Waals surface area contributed by atoms with Gasteiger partial charge in [0, 0.05) is 29.1 Å². The number of imidazole rings is 1. The van der Waals surface area contributed by atoms with Gasteiger partial charge in [0.2, 0.25) is 0 Å². The predicted octanol–water partition coefficient (Wildman–Crippen LogP) is 5.32. The minimum Gasteiger partial charge on any atom is -0.507 e. The summed E-state index contributed by atoms with van der Waals surface area (Å²) in [6.45, 7) is 0.495. The van der Waals surface area contributed by atoms with E-state index in [1.54, 1.807) is 18.6 Å². The first-order valence-corrected chi connectivity index (χ1v) is 9.13. The van der Waals surface area contributed by atoms with Crippen LogP contribution in [0.1, 0.15) is 5.56 Å². The Hall–Kier alpha value is -3.79. The molecular weight excluding hydrogens is 348 g/mol. The number of aromatic hydroxyl groups is 2. The average Bonchev–Trinajstić information content (AvgIpc) is 3.23. The van der Waals surface area contributed by atoms with E-state index in [2.05, 4.69) is 4.98 Å². The van der Waals surface area contributed by atoms with Crippen LogP contribution in [0.3, 0.4) is 0 Å². The summed E-state index contributed by atoms with van der Waals surface area (Å²) in [4.78, 5) is 4.09. The van der Waals surface area contributed by atoms with Gasteiger partial charge in [0.05, 0.1) is 12.9 Å². The highest BCUT2D eigenvalue weighted by Gasteiger charge is 2.19. The predicted molar refractivity (Wildman–Crippen MR) is 112 cm³/mol.